The zero-order valence-corrected chi connectivity index (χ0v) is 23.3. The van der Waals surface area contributed by atoms with Gasteiger partial charge in [0.2, 0.25) is 0 Å². The fourth-order valence-corrected chi connectivity index (χ4v) is 4.58. The van der Waals surface area contributed by atoms with Crippen LogP contribution < -0.4 is 15.2 Å². The number of tetrazole rings is 1. The Morgan fingerprint density at radius 2 is 1.56 bits per heavy atom. The van der Waals surface area contributed by atoms with E-state index in [0.29, 0.717) is 49.0 Å². The highest BCUT2D eigenvalue weighted by atomic mass is 16.5. The van der Waals surface area contributed by atoms with Crippen molar-refractivity contribution in [1.29, 1.82) is 0 Å². The average Bonchev–Trinajstić information content (AvgIpc) is 3.60. The Morgan fingerprint density at radius 1 is 0.927 bits per heavy atom. The molecule has 3 aromatic carbocycles. The Bertz CT molecular complexity index is 1610. The van der Waals surface area contributed by atoms with E-state index in [1.807, 2.05) is 66.7 Å². The summed E-state index contributed by atoms with van der Waals surface area (Å²) in [7, 11) is 1.68. The Hall–Kier alpha value is -4.99. The van der Waals surface area contributed by atoms with E-state index in [4.69, 9.17) is 19.7 Å². The van der Waals surface area contributed by atoms with E-state index >= 15 is 0 Å². The topological polar surface area (TPSA) is 131 Å². The number of primary amides is 1. The molecule has 0 aliphatic heterocycles. The van der Waals surface area contributed by atoms with Crippen molar-refractivity contribution in [2.24, 2.45) is 12.8 Å². The molecule has 5 rings (SSSR count). The minimum absolute atomic E-state index is 0.00835. The summed E-state index contributed by atoms with van der Waals surface area (Å²) in [6.45, 7) is 5.11. The molecular weight excluding hydrogens is 520 g/mol. The molecule has 0 atom stereocenters. The van der Waals surface area contributed by atoms with Gasteiger partial charge in [-0.25, -0.2) is 4.68 Å². The first kappa shape index (κ1) is 27.6. The number of hydrogen-bond donors (Lipinski definition) is 1. The molecule has 5 aromatic rings. The van der Waals surface area contributed by atoms with E-state index < -0.39 is 5.91 Å². The Balaban J connectivity index is 1.47. The number of carbonyl (C=O) groups is 1. The number of carbonyl (C=O) groups excluding carboxylic acids is 1. The molecule has 2 N–H and O–H groups in total. The summed E-state index contributed by atoms with van der Waals surface area (Å²) in [5, 5.41) is 15.5. The van der Waals surface area contributed by atoms with E-state index in [0.717, 1.165) is 28.0 Å². The van der Waals surface area contributed by atoms with Crippen LogP contribution >= 0.6 is 0 Å². The summed E-state index contributed by atoms with van der Waals surface area (Å²) < 4.78 is 19.7. The van der Waals surface area contributed by atoms with E-state index in [-0.39, 0.29) is 11.6 Å². The summed E-state index contributed by atoms with van der Waals surface area (Å²) in [4.78, 5) is 12.1. The molecule has 0 saturated heterocycles. The normalized spacial score (nSPS) is 11.1. The predicted octanol–water partition coefficient (Wildman–Crippen LogP) is 5.03. The second-order valence-electron chi connectivity index (χ2n) is 10.0. The van der Waals surface area contributed by atoms with Crippen LogP contribution in [0.1, 0.15) is 58.3 Å². The van der Waals surface area contributed by atoms with Gasteiger partial charge in [0.1, 0.15) is 30.5 Å². The van der Waals surface area contributed by atoms with Crippen LogP contribution in [0.2, 0.25) is 0 Å². The van der Waals surface area contributed by atoms with E-state index in [9.17, 15) is 4.79 Å². The van der Waals surface area contributed by atoms with Crippen LogP contribution in [0.4, 0.5) is 0 Å². The fraction of sp³-hybridized carbons (Fsp3) is 0.258. The number of nitrogens with two attached hydrogens (primary N) is 1. The van der Waals surface area contributed by atoms with Crippen LogP contribution in [0.5, 0.6) is 11.5 Å². The van der Waals surface area contributed by atoms with Crippen molar-refractivity contribution in [3.8, 4) is 22.9 Å². The first-order valence-electron chi connectivity index (χ1n) is 13.4. The molecule has 2 aromatic heterocycles. The minimum atomic E-state index is -0.716. The molecule has 0 aliphatic carbocycles. The maximum atomic E-state index is 12.1. The van der Waals surface area contributed by atoms with Crippen molar-refractivity contribution in [3.05, 3.63) is 107 Å². The summed E-state index contributed by atoms with van der Waals surface area (Å²) in [6.07, 6.45) is 0.945. The van der Waals surface area contributed by atoms with Crippen molar-refractivity contribution < 1.29 is 18.8 Å². The maximum Gasteiger partial charge on any atom is 0.271 e. The zero-order valence-electron chi connectivity index (χ0n) is 23.3. The Labute approximate surface area is 238 Å². The van der Waals surface area contributed by atoms with Gasteiger partial charge in [0.25, 0.3) is 5.91 Å². The molecule has 0 fully saturated rings. The van der Waals surface area contributed by atoms with Crippen LogP contribution in [-0.2, 0) is 33.1 Å². The van der Waals surface area contributed by atoms with Gasteiger partial charge in [-0.1, -0.05) is 79.7 Å². The molecule has 10 heteroatoms. The maximum absolute atomic E-state index is 12.1. The van der Waals surface area contributed by atoms with Gasteiger partial charge in [-0.3, -0.25) is 4.79 Å². The van der Waals surface area contributed by atoms with Crippen molar-refractivity contribution >= 4 is 5.91 Å². The number of ether oxygens (including phenoxy) is 2. The first-order valence-corrected chi connectivity index (χ1v) is 13.4. The number of aryl methyl sites for hydroxylation is 3. The van der Waals surface area contributed by atoms with Gasteiger partial charge in [0.15, 0.2) is 11.5 Å². The number of benzene rings is 3. The Kier molecular flexibility index (Phi) is 8.38. The van der Waals surface area contributed by atoms with Gasteiger partial charge >= 0.3 is 0 Å². The van der Waals surface area contributed by atoms with Crippen LogP contribution in [0, 0.1) is 0 Å². The molecule has 0 radical (unpaired) electrons. The highest BCUT2D eigenvalue weighted by molar-refractivity contribution is 5.97. The fourth-order valence-electron chi connectivity index (χ4n) is 4.58. The van der Waals surface area contributed by atoms with Crippen LogP contribution in [0.3, 0.4) is 0 Å². The molecule has 0 bridgehead atoms. The number of amides is 1. The molecule has 10 nitrogen and oxygen atoms in total. The monoisotopic (exact) mass is 552 g/mol. The predicted molar refractivity (Wildman–Crippen MR) is 152 cm³/mol. The number of aromatic nitrogens is 5. The van der Waals surface area contributed by atoms with E-state index in [1.165, 1.54) is 4.68 Å². The van der Waals surface area contributed by atoms with Gasteiger partial charge in [0.05, 0.1) is 5.56 Å². The van der Waals surface area contributed by atoms with E-state index in [2.05, 4.69) is 40.6 Å². The molecule has 0 aliphatic rings. The summed E-state index contributed by atoms with van der Waals surface area (Å²) in [5.41, 5.74) is 10.1. The van der Waals surface area contributed by atoms with Crippen molar-refractivity contribution in [1.82, 2.24) is 25.4 Å². The zero-order chi connectivity index (χ0) is 28.8. The summed E-state index contributed by atoms with van der Waals surface area (Å²) in [5.74, 6) is 1.78. The van der Waals surface area contributed by atoms with Crippen molar-refractivity contribution in [2.75, 3.05) is 0 Å². The molecule has 41 heavy (non-hydrogen) atoms. The van der Waals surface area contributed by atoms with Crippen molar-refractivity contribution in [2.45, 2.75) is 45.8 Å². The highest BCUT2D eigenvalue weighted by Gasteiger charge is 2.26. The van der Waals surface area contributed by atoms with Gasteiger partial charge < -0.3 is 19.7 Å². The lowest BCUT2D eigenvalue weighted by Gasteiger charge is -2.20. The lowest BCUT2D eigenvalue weighted by atomic mass is 9.96. The third kappa shape index (κ3) is 6.43. The van der Waals surface area contributed by atoms with Crippen LogP contribution in [-0.4, -0.2) is 31.3 Å². The molecule has 1 amide bonds. The van der Waals surface area contributed by atoms with Gasteiger partial charge in [0, 0.05) is 19.5 Å². The molecule has 0 unspecified atom stereocenters. The van der Waals surface area contributed by atoms with Gasteiger partial charge in [-0.2, -0.15) is 0 Å². The highest BCUT2D eigenvalue weighted by Crippen LogP contribution is 2.36. The lowest BCUT2D eigenvalue weighted by molar-refractivity contribution is 0.0992. The van der Waals surface area contributed by atoms with Crippen molar-refractivity contribution in [3.63, 3.8) is 0 Å². The summed E-state index contributed by atoms with van der Waals surface area (Å²) in [6, 6.07) is 24.2. The standard InChI is InChI=1S/C31H32N6O4/c1-20(2)24-16-23(14-15-25-28(29(30(32)38)34-41-25)31-33-35-36-37(31)3)26(39-18-21-10-6-4-7-11-21)17-27(24)40-19-22-12-8-5-9-13-22/h4-13,16-17,20H,14-15,18-19H2,1-3H3,(H2,32,38). The third-order valence-corrected chi connectivity index (χ3v) is 6.75. The van der Waals surface area contributed by atoms with Crippen LogP contribution in [0.15, 0.2) is 77.3 Å². The molecule has 0 spiro atoms. The SMILES string of the molecule is CC(C)c1cc(CCc2onc(C(N)=O)c2-c2nnnn2C)c(OCc2ccccc2)cc1OCc1ccccc1. The second kappa shape index (κ2) is 12.5. The average molecular weight is 553 g/mol. The van der Waals surface area contributed by atoms with Gasteiger partial charge in [-0.15, -0.1) is 5.10 Å². The van der Waals surface area contributed by atoms with Gasteiger partial charge in [-0.05, 0) is 51.1 Å². The molecule has 2 heterocycles. The number of rotatable bonds is 12. The lowest BCUT2D eigenvalue weighted by Crippen LogP contribution is -2.13. The van der Waals surface area contributed by atoms with Crippen LogP contribution in [0.25, 0.3) is 11.4 Å². The largest absolute Gasteiger partial charge is 0.488 e. The smallest absolute Gasteiger partial charge is 0.271 e. The molecule has 210 valence electrons. The molecule has 0 saturated carbocycles. The minimum Gasteiger partial charge on any atom is -0.488 e. The molecular formula is C31H32N6O4. The van der Waals surface area contributed by atoms with E-state index in [1.54, 1.807) is 7.05 Å². The number of nitrogens with zero attached hydrogens (tertiary/aromatic N) is 5. The third-order valence-electron chi connectivity index (χ3n) is 6.75. The summed E-state index contributed by atoms with van der Waals surface area (Å²) >= 11 is 0. The quantitative estimate of drug-likeness (QED) is 0.228. The second-order valence-corrected chi connectivity index (χ2v) is 10.0. The first-order chi connectivity index (χ1) is 19.9. The number of hydrogen-bond acceptors (Lipinski definition) is 8. The Morgan fingerprint density at radius 3 is 2.12 bits per heavy atom.